The molecule has 0 bridgehead atoms. The molecule has 0 saturated heterocycles. The average Bonchev–Trinajstić information content (AvgIpc) is 3.48. The molecule has 75 heavy (non-hydrogen) atoms. The van der Waals surface area contributed by atoms with Gasteiger partial charge in [0.2, 0.25) is 5.69 Å². The first kappa shape index (κ1) is 47.9. The van der Waals surface area contributed by atoms with Crippen LogP contribution in [0, 0.1) is 29.2 Å². The molecule has 0 amide bonds. The molecule has 0 atom stereocenters. The van der Waals surface area contributed by atoms with E-state index >= 15 is 0 Å². The Bertz CT molecular complexity index is 3200. The van der Waals surface area contributed by atoms with Crippen LogP contribution in [0.15, 0.2) is 255 Å². The normalized spacial score (nSPS) is 11.0. The Labute approximate surface area is 439 Å². The summed E-state index contributed by atoms with van der Waals surface area (Å²) in [4.78, 5) is 10.6. The van der Waals surface area contributed by atoms with Gasteiger partial charge in [0.15, 0.2) is 0 Å². The Kier molecular flexibility index (Phi) is 14.7. The van der Waals surface area contributed by atoms with Crippen molar-refractivity contribution >= 4 is 93.3 Å². The smallest absolute Gasteiger partial charge is 0.204 e. The second-order valence-electron chi connectivity index (χ2n) is 17.5. The molecule has 0 radical (unpaired) electrons. The Hall–Kier alpha value is -10.7. The Balaban J connectivity index is 1.04. The lowest BCUT2D eigenvalue weighted by atomic mass is 9.88. The predicted molar refractivity (Wildman–Crippen MR) is 312 cm³/mol. The molecular weight excluding hydrogens is 913 g/mol. The third-order valence-corrected chi connectivity index (χ3v) is 12.8. The molecule has 0 fully saturated rings. The zero-order chi connectivity index (χ0) is 51.2. The third-order valence-electron chi connectivity index (χ3n) is 12.8. The van der Waals surface area contributed by atoms with Crippen molar-refractivity contribution in [1.82, 2.24) is 0 Å². The SMILES string of the molecule is [C-]#[N+]c1c(/C=C/c2ccc(N(c3ccccc3)c3ccccc3)cc2)c(C#N)c(/C=C/c2ccc(N(c3ccccc3)c3ccccc3)cc2)c(C#N)c1/C=C/c1ccc(N(c2ccccc2)c2ccccc2)cc1. The number of rotatable bonds is 15. The van der Waals surface area contributed by atoms with Crippen molar-refractivity contribution < 1.29 is 0 Å². The van der Waals surface area contributed by atoms with Crippen molar-refractivity contribution in [3.8, 4) is 12.1 Å². The Morgan fingerprint density at radius 2 is 0.493 bits per heavy atom. The van der Waals surface area contributed by atoms with Gasteiger partial charge in [0.25, 0.3) is 0 Å². The van der Waals surface area contributed by atoms with Crippen molar-refractivity contribution in [2.24, 2.45) is 0 Å². The molecule has 0 aromatic heterocycles. The molecule has 0 aliphatic carbocycles. The maximum absolute atomic E-state index is 11.0. The zero-order valence-electron chi connectivity index (χ0n) is 40.9. The highest BCUT2D eigenvalue weighted by Crippen LogP contribution is 2.41. The second kappa shape index (κ2) is 23.0. The van der Waals surface area contributed by atoms with Gasteiger partial charge in [0.1, 0.15) is 0 Å². The molecule has 0 heterocycles. The fraction of sp³-hybridized carbons (Fsp3) is 0. The van der Waals surface area contributed by atoms with Gasteiger partial charge < -0.3 is 14.7 Å². The van der Waals surface area contributed by atoms with Crippen LogP contribution in [0.2, 0.25) is 0 Å². The fourth-order valence-electron chi connectivity index (χ4n) is 9.20. The van der Waals surface area contributed by atoms with Gasteiger partial charge in [-0.1, -0.05) is 182 Å². The van der Waals surface area contributed by atoms with Gasteiger partial charge in [-0.05, 0) is 137 Å². The van der Waals surface area contributed by atoms with Crippen molar-refractivity contribution in [1.29, 1.82) is 10.5 Å². The van der Waals surface area contributed by atoms with Crippen LogP contribution in [0.1, 0.15) is 44.5 Å². The van der Waals surface area contributed by atoms with Gasteiger partial charge in [0.05, 0.1) is 29.8 Å². The van der Waals surface area contributed by atoms with Crippen LogP contribution in [0.25, 0.3) is 41.3 Å². The quantitative estimate of drug-likeness (QED) is 0.0757. The maximum atomic E-state index is 11.0. The summed E-state index contributed by atoms with van der Waals surface area (Å²) in [5.74, 6) is 0. The molecule has 0 saturated carbocycles. The van der Waals surface area contributed by atoms with E-state index in [-0.39, 0.29) is 16.8 Å². The highest BCUT2D eigenvalue weighted by molar-refractivity contribution is 5.95. The Morgan fingerprint density at radius 3 is 0.707 bits per heavy atom. The van der Waals surface area contributed by atoms with Crippen LogP contribution >= 0.6 is 0 Å². The first-order valence-electron chi connectivity index (χ1n) is 24.6. The number of anilines is 9. The van der Waals surface area contributed by atoms with Crippen molar-refractivity contribution in [3.63, 3.8) is 0 Å². The average molecular weight is 961 g/mol. The molecule has 354 valence electrons. The number of para-hydroxylation sites is 6. The molecule has 10 aromatic rings. The first-order chi connectivity index (χ1) is 37.1. The summed E-state index contributed by atoms with van der Waals surface area (Å²) in [5.41, 5.74) is 13.7. The molecule has 0 aliphatic rings. The number of hydrogen-bond donors (Lipinski definition) is 0. The van der Waals surface area contributed by atoms with Crippen LogP contribution in [-0.4, -0.2) is 0 Å². The summed E-state index contributed by atoms with van der Waals surface area (Å²) in [6.07, 6.45) is 11.2. The van der Waals surface area contributed by atoms with Crippen LogP contribution in [0.5, 0.6) is 0 Å². The largest absolute Gasteiger partial charge is 0.311 e. The van der Waals surface area contributed by atoms with E-state index in [4.69, 9.17) is 6.57 Å². The van der Waals surface area contributed by atoms with Gasteiger partial charge in [0, 0.05) is 56.7 Å². The monoisotopic (exact) mass is 960 g/mol. The van der Waals surface area contributed by atoms with Crippen LogP contribution < -0.4 is 14.7 Å². The predicted octanol–water partition coefficient (Wildman–Crippen LogP) is 18.9. The first-order valence-corrected chi connectivity index (χ1v) is 24.6. The van der Waals surface area contributed by atoms with Gasteiger partial charge >= 0.3 is 0 Å². The molecule has 0 unspecified atom stereocenters. The van der Waals surface area contributed by atoms with E-state index in [1.54, 1.807) is 0 Å². The minimum absolute atomic E-state index is 0.214. The van der Waals surface area contributed by atoms with E-state index in [0.717, 1.165) is 67.9 Å². The highest BCUT2D eigenvalue weighted by atomic mass is 15.2. The van der Waals surface area contributed by atoms with Crippen LogP contribution in [0.3, 0.4) is 0 Å². The fourth-order valence-corrected chi connectivity index (χ4v) is 9.20. The van der Waals surface area contributed by atoms with Crippen molar-refractivity contribution in [3.05, 3.63) is 311 Å². The molecule has 10 aromatic carbocycles. The lowest BCUT2D eigenvalue weighted by Gasteiger charge is -2.25. The van der Waals surface area contributed by atoms with E-state index in [2.05, 4.69) is 141 Å². The summed E-state index contributed by atoms with van der Waals surface area (Å²) >= 11 is 0. The summed E-state index contributed by atoms with van der Waals surface area (Å²) in [5, 5.41) is 22.1. The highest BCUT2D eigenvalue weighted by Gasteiger charge is 2.22. The summed E-state index contributed by atoms with van der Waals surface area (Å²) < 4.78 is 0. The zero-order valence-corrected chi connectivity index (χ0v) is 40.9. The Morgan fingerprint density at radius 1 is 0.280 bits per heavy atom. The minimum atomic E-state index is 0.214. The van der Waals surface area contributed by atoms with Gasteiger partial charge in [-0.25, -0.2) is 4.85 Å². The van der Waals surface area contributed by atoms with E-state index < -0.39 is 0 Å². The number of hydrogen-bond acceptors (Lipinski definition) is 5. The minimum Gasteiger partial charge on any atom is -0.311 e. The van der Waals surface area contributed by atoms with Crippen LogP contribution in [0.4, 0.5) is 56.9 Å². The molecule has 6 nitrogen and oxygen atoms in total. The number of benzene rings is 10. The molecule has 10 rings (SSSR count). The third kappa shape index (κ3) is 10.8. The lowest BCUT2D eigenvalue weighted by molar-refractivity contribution is 1.28. The molecule has 0 aliphatic heterocycles. The van der Waals surface area contributed by atoms with Crippen LogP contribution in [-0.2, 0) is 0 Å². The maximum Gasteiger partial charge on any atom is 0.204 e. The van der Waals surface area contributed by atoms with Gasteiger partial charge in [-0.2, -0.15) is 10.5 Å². The number of nitriles is 2. The molecule has 6 heteroatoms. The van der Waals surface area contributed by atoms with Gasteiger partial charge in [-0.15, -0.1) is 0 Å². The van der Waals surface area contributed by atoms with E-state index in [1.165, 1.54) is 0 Å². The topological polar surface area (TPSA) is 61.7 Å². The summed E-state index contributed by atoms with van der Waals surface area (Å²) in [6.45, 7) is 8.60. The second-order valence-corrected chi connectivity index (χ2v) is 17.5. The molecule has 0 spiro atoms. The summed E-state index contributed by atoms with van der Waals surface area (Å²) in [6, 6.07) is 90.7. The molecular formula is C69H48N6. The van der Waals surface area contributed by atoms with E-state index in [9.17, 15) is 10.5 Å². The summed E-state index contributed by atoms with van der Waals surface area (Å²) in [7, 11) is 0. The van der Waals surface area contributed by atoms with E-state index in [0.29, 0.717) is 16.7 Å². The van der Waals surface area contributed by atoms with Crippen molar-refractivity contribution in [2.75, 3.05) is 14.7 Å². The van der Waals surface area contributed by atoms with E-state index in [1.807, 2.05) is 182 Å². The van der Waals surface area contributed by atoms with Gasteiger partial charge in [-0.3, -0.25) is 0 Å². The van der Waals surface area contributed by atoms with Crippen molar-refractivity contribution in [2.45, 2.75) is 0 Å². The lowest BCUT2D eigenvalue weighted by Crippen LogP contribution is -2.09. The molecule has 0 N–H and O–H groups in total. The standard InChI is InChI=1S/C69H48N6/c1-72-69-65(48-39-53-34-43-62(44-35-53)74(57-24-12-4-13-25-57)58-26-14-5-15-27-58)67(50-70)64(47-38-52-32-41-61(42-33-52)73(55-20-8-2-9-21-55)56-22-10-3-11-23-56)68(51-71)66(69)49-40-54-36-45-63(46-37-54)75(59-28-16-6-17-29-59)60-30-18-7-19-31-60/h2-49H/b47-38+,48-39+,49-40+. The number of nitrogens with zero attached hydrogens (tertiary/aromatic N) is 6.